The van der Waals surface area contributed by atoms with Crippen molar-refractivity contribution in [2.45, 2.75) is 25.7 Å². The molecule has 3 rings (SSSR count). The second-order valence-corrected chi connectivity index (χ2v) is 5.33. The maximum Gasteiger partial charge on any atom is 0.337 e. The molecule has 20 heavy (non-hydrogen) atoms. The fourth-order valence-electron chi connectivity index (χ4n) is 3.25. The van der Waals surface area contributed by atoms with Crippen molar-refractivity contribution in [2.24, 2.45) is 11.8 Å². The molecule has 2 amide bonds. The van der Waals surface area contributed by atoms with E-state index in [1.54, 1.807) is 12.1 Å². The molecule has 2 aliphatic rings. The van der Waals surface area contributed by atoms with E-state index >= 15 is 0 Å². The summed E-state index contributed by atoms with van der Waals surface area (Å²) in [5.74, 6) is -2.14. The van der Waals surface area contributed by atoms with Crippen molar-refractivity contribution in [1.29, 1.82) is 0 Å². The van der Waals surface area contributed by atoms with Gasteiger partial charge in [0.2, 0.25) is 11.8 Å². The van der Waals surface area contributed by atoms with Gasteiger partial charge < -0.3 is 5.11 Å². The topological polar surface area (TPSA) is 74.7 Å². The molecule has 0 bridgehead atoms. The van der Waals surface area contributed by atoms with Crippen LogP contribution in [0.5, 0.6) is 0 Å². The van der Waals surface area contributed by atoms with Crippen LogP contribution in [0.3, 0.4) is 0 Å². The lowest BCUT2D eigenvalue weighted by Crippen LogP contribution is -2.32. The second kappa shape index (κ2) is 4.74. The van der Waals surface area contributed by atoms with Gasteiger partial charge in [0, 0.05) is 0 Å². The molecule has 1 aromatic rings. The van der Waals surface area contributed by atoms with Crippen molar-refractivity contribution < 1.29 is 19.5 Å². The molecule has 0 aromatic heterocycles. The number of carbonyl (C=O) groups is 3. The van der Waals surface area contributed by atoms with Crippen molar-refractivity contribution >= 4 is 23.5 Å². The number of rotatable bonds is 2. The summed E-state index contributed by atoms with van der Waals surface area (Å²) in [5, 5.41) is 9.21. The number of benzene rings is 1. The van der Waals surface area contributed by atoms with E-state index in [-0.39, 0.29) is 34.9 Å². The van der Waals surface area contributed by atoms with E-state index in [2.05, 4.69) is 0 Å². The zero-order valence-corrected chi connectivity index (χ0v) is 10.9. The molecule has 1 N–H and O–H groups in total. The predicted octanol–water partition coefficient (Wildman–Crippen LogP) is 2.06. The maximum atomic E-state index is 12.4. The van der Waals surface area contributed by atoms with Gasteiger partial charge >= 0.3 is 5.97 Å². The van der Waals surface area contributed by atoms with Crippen molar-refractivity contribution in [2.75, 3.05) is 4.90 Å². The molecule has 1 saturated heterocycles. The number of nitrogens with zero attached hydrogens (tertiary/aromatic N) is 1. The molecule has 104 valence electrons. The predicted molar refractivity (Wildman–Crippen MR) is 71.3 cm³/mol. The molecule has 2 atom stereocenters. The number of anilines is 1. The lowest BCUT2D eigenvalue weighted by molar-refractivity contribution is -0.122. The molecule has 1 aromatic carbocycles. The Morgan fingerprint density at radius 2 is 1.60 bits per heavy atom. The van der Waals surface area contributed by atoms with Crippen molar-refractivity contribution in [3.63, 3.8) is 0 Å². The number of imide groups is 1. The van der Waals surface area contributed by atoms with Crippen LogP contribution in [0.1, 0.15) is 36.0 Å². The zero-order chi connectivity index (χ0) is 14.3. The van der Waals surface area contributed by atoms with E-state index in [1.807, 2.05) is 0 Å². The van der Waals surface area contributed by atoms with Crippen LogP contribution in [0.4, 0.5) is 5.69 Å². The fourth-order valence-corrected chi connectivity index (χ4v) is 3.25. The van der Waals surface area contributed by atoms with Gasteiger partial charge in [-0.05, 0) is 25.0 Å². The van der Waals surface area contributed by atoms with Gasteiger partial charge in [0.05, 0.1) is 23.1 Å². The number of hydrogen-bond acceptors (Lipinski definition) is 3. The van der Waals surface area contributed by atoms with Gasteiger partial charge in [-0.3, -0.25) is 9.59 Å². The summed E-state index contributed by atoms with van der Waals surface area (Å²) in [5.41, 5.74) is 0.192. The van der Waals surface area contributed by atoms with Crippen LogP contribution in [0.25, 0.3) is 0 Å². The molecule has 2 unspecified atom stereocenters. The molecule has 2 fully saturated rings. The van der Waals surface area contributed by atoms with Crippen LogP contribution in [0, 0.1) is 11.8 Å². The Bertz CT molecular complexity index is 571. The van der Waals surface area contributed by atoms with Crippen molar-refractivity contribution in [1.82, 2.24) is 0 Å². The molecule has 1 heterocycles. The first-order valence-electron chi connectivity index (χ1n) is 6.81. The van der Waals surface area contributed by atoms with Crippen LogP contribution in [-0.2, 0) is 9.59 Å². The molecular formula is C15H15NO4. The van der Waals surface area contributed by atoms with E-state index in [4.69, 9.17) is 0 Å². The summed E-state index contributed by atoms with van der Waals surface area (Å²) >= 11 is 0. The first-order chi connectivity index (χ1) is 9.61. The van der Waals surface area contributed by atoms with Gasteiger partial charge in [0.15, 0.2) is 0 Å². The SMILES string of the molecule is O=C(O)c1ccccc1N1C(=O)C2CCCCC2C1=O. The number of carboxylic acid groups (broad SMARTS) is 1. The van der Waals surface area contributed by atoms with E-state index in [0.29, 0.717) is 0 Å². The Hall–Kier alpha value is -2.17. The Morgan fingerprint density at radius 3 is 2.15 bits per heavy atom. The monoisotopic (exact) mass is 273 g/mol. The third-order valence-corrected chi connectivity index (χ3v) is 4.22. The molecule has 5 nitrogen and oxygen atoms in total. The number of amides is 2. The first kappa shape index (κ1) is 12.8. The van der Waals surface area contributed by atoms with Gasteiger partial charge in [0.1, 0.15) is 0 Å². The third kappa shape index (κ3) is 1.81. The summed E-state index contributed by atoms with van der Waals surface area (Å²) in [6.45, 7) is 0. The first-order valence-corrected chi connectivity index (χ1v) is 6.81. The van der Waals surface area contributed by atoms with Crippen LogP contribution in [0.2, 0.25) is 0 Å². The second-order valence-electron chi connectivity index (χ2n) is 5.33. The van der Waals surface area contributed by atoms with E-state index in [9.17, 15) is 19.5 Å². The van der Waals surface area contributed by atoms with Gasteiger partial charge in [-0.15, -0.1) is 0 Å². The molecule has 1 saturated carbocycles. The minimum absolute atomic E-state index is 0.00662. The van der Waals surface area contributed by atoms with E-state index in [0.717, 1.165) is 30.6 Å². The highest BCUT2D eigenvalue weighted by Gasteiger charge is 2.49. The van der Waals surface area contributed by atoms with Crippen LogP contribution < -0.4 is 4.90 Å². The minimum Gasteiger partial charge on any atom is -0.478 e. The van der Waals surface area contributed by atoms with Crippen LogP contribution in [-0.4, -0.2) is 22.9 Å². The molecular weight excluding hydrogens is 258 g/mol. The number of aromatic carboxylic acids is 1. The fraction of sp³-hybridized carbons (Fsp3) is 0.400. The van der Waals surface area contributed by atoms with E-state index < -0.39 is 5.97 Å². The molecule has 1 aliphatic heterocycles. The van der Waals surface area contributed by atoms with Gasteiger partial charge in [-0.1, -0.05) is 25.0 Å². The maximum absolute atomic E-state index is 12.4. The summed E-state index contributed by atoms with van der Waals surface area (Å²) < 4.78 is 0. The largest absolute Gasteiger partial charge is 0.478 e. The summed E-state index contributed by atoms with van der Waals surface area (Å²) in [4.78, 5) is 37.2. The van der Waals surface area contributed by atoms with Crippen LogP contribution in [0.15, 0.2) is 24.3 Å². The lowest BCUT2D eigenvalue weighted by atomic mass is 9.81. The van der Waals surface area contributed by atoms with Crippen molar-refractivity contribution in [3.8, 4) is 0 Å². The minimum atomic E-state index is -1.13. The summed E-state index contributed by atoms with van der Waals surface area (Å²) in [7, 11) is 0. The highest BCUT2D eigenvalue weighted by atomic mass is 16.4. The number of carboxylic acids is 1. The van der Waals surface area contributed by atoms with E-state index in [1.165, 1.54) is 12.1 Å². The third-order valence-electron chi connectivity index (χ3n) is 4.22. The zero-order valence-electron chi connectivity index (χ0n) is 10.9. The van der Waals surface area contributed by atoms with Gasteiger partial charge in [0.25, 0.3) is 0 Å². The normalized spacial score (nSPS) is 25.7. The number of hydrogen-bond donors (Lipinski definition) is 1. The standard InChI is InChI=1S/C15H15NO4/c17-13-9-5-1-2-6-10(9)14(18)16(13)12-8-4-3-7-11(12)15(19)20/h3-4,7-10H,1-2,5-6H2,(H,19,20). The molecule has 1 aliphatic carbocycles. The lowest BCUT2D eigenvalue weighted by Gasteiger charge is -2.19. The Labute approximate surface area is 116 Å². The van der Waals surface area contributed by atoms with Crippen LogP contribution >= 0.6 is 0 Å². The highest BCUT2D eigenvalue weighted by molar-refractivity contribution is 6.23. The molecule has 5 heteroatoms. The Kier molecular flexibility index (Phi) is 3.04. The number of carbonyl (C=O) groups excluding carboxylic acids is 2. The van der Waals surface area contributed by atoms with Gasteiger partial charge in [-0.25, -0.2) is 9.69 Å². The molecule has 0 radical (unpaired) electrons. The van der Waals surface area contributed by atoms with Crippen molar-refractivity contribution in [3.05, 3.63) is 29.8 Å². The Morgan fingerprint density at radius 1 is 1.05 bits per heavy atom. The smallest absolute Gasteiger partial charge is 0.337 e. The highest BCUT2D eigenvalue weighted by Crippen LogP contribution is 2.40. The quantitative estimate of drug-likeness (QED) is 0.837. The Balaban J connectivity index is 2.04. The summed E-state index contributed by atoms with van der Waals surface area (Å²) in [6, 6.07) is 6.17. The molecule has 0 spiro atoms. The number of para-hydroxylation sites is 1. The van der Waals surface area contributed by atoms with Gasteiger partial charge in [-0.2, -0.15) is 0 Å². The average Bonchev–Trinajstić information content (AvgIpc) is 2.71. The average molecular weight is 273 g/mol. The summed E-state index contributed by atoms with van der Waals surface area (Å²) in [6.07, 6.45) is 3.35. The number of fused-ring (bicyclic) bond motifs is 1.